The molecule has 0 fully saturated rings. The molecule has 0 unspecified atom stereocenters. The first-order valence-electron chi connectivity index (χ1n) is 6.29. The zero-order valence-corrected chi connectivity index (χ0v) is 13.0. The van der Waals surface area contributed by atoms with Crippen LogP contribution in [-0.4, -0.2) is 31.4 Å². The van der Waals surface area contributed by atoms with E-state index in [0.29, 0.717) is 17.3 Å². The van der Waals surface area contributed by atoms with E-state index >= 15 is 0 Å². The molecule has 0 aromatic carbocycles. The summed E-state index contributed by atoms with van der Waals surface area (Å²) in [6.07, 6.45) is 2.40. The van der Waals surface area contributed by atoms with Crippen LogP contribution in [0.25, 0.3) is 0 Å². The van der Waals surface area contributed by atoms with Crippen LogP contribution in [0.3, 0.4) is 0 Å². The van der Waals surface area contributed by atoms with Crippen molar-refractivity contribution in [3.8, 4) is 0 Å². The Labute approximate surface area is 127 Å². The lowest BCUT2D eigenvalue weighted by atomic mass is 10.2. The van der Waals surface area contributed by atoms with Crippen molar-refractivity contribution in [2.45, 2.75) is 33.3 Å². The van der Waals surface area contributed by atoms with Crippen LogP contribution in [0, 0.1) is 6.92 Å². The van der Waals surface area contributed by atoms with Gasteiger partial charge in [0.2, 0.25) is 0 Å². The van der Waals surface area contributed by atoms with E-state index in [9.17, 15) is 4.79 Å². The zero-order chi connectivity index (χ0) is 15.6. The summed E-state index contributed by atoms with van der Waals surface area (Å²) in [4.78, 5) is 20.0. The van der Waals surface area contributed by atoms with Gasteiger partial charge < -0.3 is 10.1 Å². The van der Waals surface area contributed by atoms with Crippen molar-refractivity contribution in [1.82, 2.24) is 19.7 Å². The lowest BCUT2D eigenvalue weighted by Crippen LogP contribution is -2.28. The Morgan fingerprint density at radius 1 is 1.33 bits per heavy atom. The third kappa shape index (κ3) is 4.16. The van der Waals surface area contributed by atoms with E-state index in [0.717, 1.165) is 0 Å². The van der Waals surface area contributed by atoms with E-state index in [-0.39, 0.29) is 5.15 Å². The van der Waals surface area contributed by atoms with Crippen LogP contribution in [0.1, 0.15) is 26.5 Å². The summed E-state index contributed by atoms with van der Waals surface area (Å²) in [6, 6.07) is 1.70. The number of hydrogen-bond donors (Lipinski definition) is 1. The Kier molecular flexibility index (Phi) is 4.13. The molecule has 0 atom stereocenters. The number of carbonyl (C=O) groups excluding carboxylic acids is 1. The first-order chi connectivity index (χ1) is 9.74. The van der Waals surface area contributed by atoms with Gasteiger partial charge in [-0.15, -0.1) is 5.10 Å². The molecular weight excluding hydrogens is 294 g/mol. The Morgan fingerprint density at radius 3 is 2.67 bits per heavy atom. The van der Waals surface area contributed by atoms with Gasteiger partial charge in [-0.2, -0.15) is 4.68 Å². The minimum Gasteiger partial charge on any atom is -0.442 e. The summed E-state index contributed by atoms with van der Waals surface area (Å²) in [7, 11) is 0. The number of hydrogen-bond acceptors (Lipinski definition) is 6. The minimum absolute atomic E-state index is 0.267. The highest BCUT2D eigenvalue weighted by Crippen LogP contribution is 2.17. The molecule has 2 aromatic heterocycles. The molecule has 0 spiro atoms. The Morgan fingerprint density at radius 2 is 2.05 bits per heavy atom. The Hall–Kier alpha value is -2.15. The standard InChI is InChI=1S/C13H16ClN5O2/c1-8-5-10(17-11-7-15-6-9(14)16-11)18-19(8)12(20)21-13(2,3)4/h5-7H,1-4H3,(H,16,17,18). The van der Waals surface area contributed by atoms with Crippen molar-refractivity contribution < 1.29 is 9.53 Å². The Balaban J connectivity index is 2.17. The fourth-order valence-corrected chi connectivity index (χ4v) is 1.71. The van der Waals surface area contributed by atoms with Gasteiger partial charge in [-0.3, -0.25) is 4.98 Å². The van der Waals surface area contributed by atoms with Gasteiger partial charge in [-0.25, -0.2) is 9.78 Å². The summed E-state index contributed by atoms with van der Waals surface area (Å²) in [5, 5.41) is 7.33. The third-order valence-corrected chi connectivity index (χ3v) is 2.50. The monoisotopic (exact) mass is 309 g/mol. The Bertz CT molecular complexity index is 663. The van der Waals surface area contributed by atoms with Gasteiger partial charge in [0, 0.05) is 11.8 Å². The first kappa shape index (κ1) is 15.2. The molecule has 0 aliphatic heterocycles. The molecule has 2 rings (SSSR count). The number of carbonyl (C=O) groups is 1. The average molecular weight is 310 g/mol. The predicted molar refractivity (Wildman–Crippen MR) is 78.9 cm³/mol. The normalized spacial score (nSPS) is 11.3. The lowest BCUT2D eigenvalue weighted by molar-refractivity contribution is 0.0511. The van der Waals surface area contributed by atoms with Crippen LogP contribution < -0.4 is 5.32 Å². The van der Waals surface area contributed by atoms with E-state index in [1.807, 2.05) is 0 Å². The summed E-state index contributed by atoms with van der Waals surface area (Å²) < 4.78 is 6.46. The molecule has 0 radical (unpaired) electrons. The summed E-state index contributed by atoms with van der Waals surface area (Å²) in [6.45, 7) is 7.14. The molecule has 112 valence electrons. The molecule has 0 aliphatic rings. The van der Waals surface area contributed by atoms with Crippen LogP contribution in [-0.2, 0) is 4.74 Å². The van der Waals surface area contributed by atoms with E-state index < -0.39 is 11.7 Å². The molecular formula is C13H16ClN5O2. The first-order valence-corrected chi connectivity index (χ1v) is 6.67. The molecule has 21 heavy (non-hydrogen) atoms. The minimum atomic E-state index is -0.582. The molecule has 0 bridgehead atoms. The number of nitrogens with zero attached hydrogens (tertiary/aromatic N) is 4. The van der Waals surface area contributed by atoms with Crippen LogP contribution in [0.4, 0.5) is 16.4 Å². The average Bonchev–Trinajstić information content (AvgIpc) is 2.68. The number of nitrogens with one attached hydrogen (secondary N) is 1. The van der Waals surface area contributed by atoms with Gasteiger partial charge >= 0.3 is 6.09 Å². The predicted octanol–water partition coefficient (Wildman–Crippen LogP) is 3.16. The molecule has 7 nitrogen and oxygen atoms in total. The topological polar surface area (TPSA) is 81.9 Å². The quantitative estimate of drug-likeness (QED) is 0.917. The van der Waals surface area contributed by atoms with Crippen molar-refractivity contribution >= 4 is 29.3 Å². The maximum absolute atomic E-state index is 12.0. The fourth-order valence-electron chi connectivity index (χ4n) is 1.56. The highest BCUT2D eigenvalue weighted by Gasteiger charge is 2.20. The molecule has 0 aliphatic carbocycles. The smallest absolute Gasteiger partial charge is 0.435 e. The third-order valence-electron chi connectivity index (χ3n) is 2.32. The SMILES string of the molecule is Cc1cc(Nc2cncc(Cl)n2)nn1C(=O)OC(C)(C)C. The summed E-state index contributed by atoms with van der Waals surface area (Å²) in [5.41, 5.74) is 0.0586. The van der Waals surface area contributed by atoms with Gasteiger partial charge in [0.15, 0.2) is 11.6 Å². The number of halogens is 1. The second-order valence-electron chi connectivity index (χ2n) is 5.42. The van der Waals surface area contributed by atoms with Crippen LogP contribution in [0.15, 0.2) is 18.5 Å². The summed E-state index contributed by atoms with van der Waals surface area (Å²) in [5.74, 6) is 0.895. The van der Waals surface area contributed by atoms with Crippen molar-refractivity contribution in [1.29, 1.82) is 0 Å². The number of rotatable bonds is 2. The number of ether oxygens (including phenoxy) is 1. The van der Waals surface area contributed by atoms with Crippen LogP contribution in [0.2, 0.25) is 5.15 Å². The number of anilines is 2. The zero-order valence-electron chi connectivity index (χ0n) is 12.2. The van der Waals surface area contributed by atoms with Crippen LogP contribution in [0.5, 0.6) is 0 Å². The van der Waals surface area contributed by atoms with Gasteiger partial charge in [-0.05, 0) is 27.7 Å². The molecule has 2 aromatic rings. The summed E-state index contributed by atoms with van der Waals surface area (Å²) >= 11 is 5.76. The molecule has 0 saturated carbocycles. The van der Waals surface area contributed by atoms with Crippen molar-refractivity contribution in [3.05, 3.63) is 29.3 Å². The molecule has 0 amide bonds. The van der Waals surface area contributed by atoms with E-state index in [1.54, 1.807) is 33.8 Å². The lowest BCUT2D eigenvalue weighted by Gasteiger charge is -2.19. The highest BCUT2D eigenvalue weighted by molar-refractivity contribution is 6.29. The fraction of sp³-hybridized carbons (Fsp3) is 0.385. The maximum Gasteiger partial charge on any atom is 0.435 e. The van der Waals surface area contributed by atoms with E-state index in [1.165, 1.54) is 17.1 Å². The van der Waals surface area contributed by atoms with Crippen LogP contribution >= 0.6 is 11.6 Å². The highest BCUT2D eigenvalue weighted by atomic mass is 35.5. The number of aryl methyl sites for hydroxylation is 1. The van der Waals surface area contributed by atoms with Gasteiger partial charge in [-0.1, -0.05) is 11.6 Å². The van der Waals surface area contributed by atoms with Gasteiger partial charge in [0.25, 0.3) is 0 Å². The van der Waals surface area contributed by atoms with E-state index in [2.05, 4.69) is 20.4 Å². The second kappa shape index (κ2) is 5.69. The largest absolute Gasteiger partial charge is 0.442 e. The molecule has 8 heteroatoms. The molecule has 1 N–H and O–H groups in total. The molecule has 2 heterocycles. The maximum atomic E-state index is 12.0. The van der Waals surface area contributed by atoms with Crippen molar-refractivity contribution in [2.24, 2.45) is 0 Å². The van der Waals surface area contributed by atoms with Gasteiger partial charge in [0.05, 0.1) is 12.4 Å². The van der Waals surface area contributed by atoms with Gasteiger partial charge in [0.1, 0.15) is 10.8 Å². The van der Waals surface area contributed by atoms with Crippen molar-refractivity contribution in [3.63, 3.8) is 0 Å². The van der Waals surface area contributed by atoms with E-state index in [4.69, 9.17) is 16.3 Å². The second-order valence-corrected chi connectivity index (χ2v) is 5.80. The van der Waals surface area contributed by atoms with Crippen molar-refractivity contribution in [2.75, 3.05) is 5.32 Å². The number of aromatic nitrogens is 4. The molecule has 0 saturated heterocycles.